The summed E-state index contributed by atoms with van der Waals surface area (Å²) in [5, 5.41) is 9.76. The largest absolute Gasteiger partial charge is 0.481 e. The van der Waals surface area contributed by atoms with Gasteiger partial charge in [0.25, 0.3) is 0 Å². The molecule has 0 unspecified atom stereocenters. The van der Waals surface area contributed by atoms with E-state index in [0.29, 0.717) is 0 Å². The van der Waals surface area contributed by atoms with Gasteiger partial charge in [-0.25, -0.2) is 0 Å². The highest BCUT2D eigenvalue weighted by Crippen LogP contribution is 2.44. The van der Waals surface area contributed by atoms with Crippen LogP contribution < -0.4 is 0 Å². The Hall–Kier alpha value is -0.830. The molecule has 0 heterocycles. The van der Waals surface area contributed by atoms with Crippen molar-refractivity contribution in [2.24, 2.45) is 0 Å². The van der Waals surface area contributed by atoms with Crippen LogP contribution in [-0.4, -0.2) is 11.1 Å². The van der Waals surface area contributed by atoms with Crippen molar-refractivity contribution in [1.29, 1.82) is 0 Å². The van der Waals surface area contributed by atoms with Crippen molar-refractivity contribution in [3.8, 4) is 0 Å². The number of carboxylic acids is 1. The maximum Gasteiger partial charge on any atom is 0.314 e. The summed E-state index contributed by atoms with van der Waals surface area (Å²) in [5.41, 5.74) is 2.59. The van der Waals surface area contributed by atoms with Gasteiger partial charge in [0.1, 0.15) is 0 Å². The number of rotatable bonds is 2. The Morgan fingerprint density at radius 3 is 2.39 bits per heavy atom. The molecular weight excluding hydrogens is 292 g/mol. The van der Waals surface area contributed by atoms with Crippen LogP contribution in [-0.2, 0) is 10.2 Å². The third-order valence-corrected chi connectivity index (χ3v) is 4.94. The van der Waals surface area contributed by atoms with Crippen molar-refractivity contribution in [2.75, 3.05) is 0 Å². The number of aryl methyl sites for hydroxylation is 1. The second-order valence-electron chi connectivity index (χ2n) is 5.31. The summed E-state index contributed by atoms with van der Waals surface area (Å²) < 4.78 is 0.940. The second kappa shape index (κ2) is 5.04. The smallest absolute Gasteiger partial charge is 0.314 e. The van der Waals surface area contributed by atoms with E-state index in [2.05, 4.69) is 15.9 Å². The molecule has 18 heavy (non-hydrogen) atoms. The van der Waals surface area contributed by atoms with Crippen molar-refractivity contribution < 1.29 is 9.90 Å². The molecule has 0 saturated heterocycles. The lowest BCUT2D eigenvalue weighted by atomic mass is 9.68. The molecule has 2 rings (SSSR count). The van der Waals surface area contributed by atoms with Crippen LogP contribution in [0.4, 0.5) is 0 Å². The Bertz CT molecular complexity index is 474. The van der Waals surface area contributed by atoms with Crippen LogP contribution >= 0.6 is 15.9 Å². The maximum absolute atomic E-state index is 11.9. The van der Waals surface area contributed by atoms with Gasteiger partial charge in [0, 0.05) is 4.47 Å². The molecule has 1 N–H and O–H groups in total. The fraction of sp³-hybridized carbons (Fsp3) is 0.533. The lowest BCUT2D eigenvalue weighted by molar-refractivity contribution is -0.145. The average Bonchev–Trinajstić information content (AvgIpc) is 2.35. The standard InChI is InChI=1S/C15H19BrO2/c1-10-6-7-12(16)13(11(10)2)15(14(17)18)8-4-3-5-9-15/h6-7H,3-5,8-9H2,1-2H3,(H,17,18). The van der Waals surface area contributed by atoms with E-state index in [-0.39, 0.29) is 0 Å². The minimum atomic E-state index is -0.687. The Kier molecular flexibility index (Phi) is 3.81. The molecule has 2 nitrogen and oxygen atoms in total. The SMILES string of the molecule is Cc1ccc(Br)c(C2(C(=O)O)CCCCC2)c1C. The first-order valence-corrected chi connectivity index (χ1v) is 7.28. The maximum atomic E-state index is 11.9. The van der Waals surface area contributed by atoms with E-state index in [1.807, 2.05) is 26.0 Å². The number of carbonyl (C=O) groups is 1. The zero-order chi connectivity index (χ0) is 13.3. The van der Waals surface area contributed by atoms with Crippen LogP contribution in [0, 0.1) is 13.8 Å². The van der Waals surface area contributed by atoms with Gasteiger partial charge in [-0.1, -0.05) is 41.3 Å². The molecule has 0 bridgehead atoms. The number of hydrogen-bond acceptors (Lipinski definition) is 1. The van der Waals surface area contributed by atoms with Crippen LogP contribution in [0.1, 0.15) is 48.8 Å². The third kappa shape index (κ3) is 2.09. The molecule has 0 atom stereocenters. The van der Waals surface area contributed by atoms with E-state index in [9.17, 15) is 9.90 Å². The van der Waals surface area contributed by atoms with Gasteiger partial charge in [0.2, 0.25) is 0 Å². The summed E-state index contributed by atoms with van der Waals surface area (Å²) in [4.78, 5) is 11.9. The van der Waals surface area contributed by atoms with E-state index < -0.39 is 11.4 Å². The third-order valence-electron chi connectivity index (χ3n) is 4.28. The van der Waals surface area contributed by atoms with Gasteiger partial charge in [0.15, 0.2) is 0 Å². The summed E-state index contributed by atoms with van der Waals surface area (Å²) in [6.45, 7) is 4.08. The van der Waals surface area contributed by atoms with E-state index in [0.717, 1.165) is 47.7 Å². The van der Waals surface area contributed by atoms with Crippen molar-refractivity contribution >= 4 is 21.9 Å². The van der Waals surface area contributed by atoms with Crippen molar-refractivity contribution in [1.82, 2.24) is 0 Å². The number of benzene rings is 1. The summed E-state index contributed by atoms with van der Waals surface area (Å²) in [6, 6.07) is 4.03. The van der Waals surface area contributed by atoms with Gasteiger partial charge >= 0.3 is 5.97 Å². The number of halogens is 1. The zero-order valence-electron chi connectivity index (χ0n) is 10.9. The van der Waals surface area contributed by atoms with Crippen molar-refractivity contribution in [3.05, 3.63) is 33.3 Å². The van der Waals surface area contributed by atoms with Gasteiger partial charge in [-0.15, -0.1) is 0 Å². The highest BCUT2D eigenvalue weighted by molar-refractivity contribution is 9.10. The number of hydrogen-bond donors (Lipinski definition) is 1. The first-order valence-electron chi connectivity index (χ1n) is 6.48. The van der Waals surface area contributed by atoms with Crippen LogP contribution in [0.25, 0.3) is 0 Å². The zero-order valence-corrected chi connectivity index (χ0v) is 12.5. The molecule has 1 aromatic carbocycles. The van der Waals surface area contributed by atoms with Gasteiger partial charge in [-0.3, -0.25) is 4.79 Å². The fourth-order valence-electron chi connectivity index (χ4n) is 3.10. The number of carboxylic acid groups (broad SMARTS) is 1. The fourth-order valence-corrected chi connectivity index (χ4v) is 3.91. The number of aliphatic carboxylic acids is 1. The first kappa shape index (κ1) is 13.6. The molecule has 1 saturated carbocycles. The minimum Gasteiger partial charge on any atom is -0.481 e. The molecule has 0 radical (unpaired) electrons. The Morgan fingerprint density at radius 1 is 1.22 bits per heavy atom. The minimum absolute atomic E-state index is 0.670. The molecule has 0 amide bonds. The van der Waals surface area contributed by atoms with Crippen LogP contribution in [0.3, 0.4) is 0 Å². The monoisotopic (exact) mass is 310 g/mol. The lowest BCUT2D eigenvalue weighted by Gasteiger charge is -2.36. The average molecular weight is 311 g/mol. The molecule has 1 aliphatic rings. The predicted molar refractivity (Wildman–Crippen MR) is 76.0 cm³/mol. The van der Waals surface area contributed by atoms with E-state index in [1.54, 1.807) is 0 Å². The van der Waals surface area contributed by atoms with E-state index in [4.69, 9.17) is 0 Å². The highest BCUT2D eigenvalue weighted by Gasteiger charge is 2.43. The Balaban J connectivity index is 2.63. The molecule has 98 valence electrons. The normalized spacial score (nSPS) is 18.6. The Labute approximate surface area is 117 Å². The summed E-state index contributed by atoms with van der Waals surface area (Å²) in [6.07, 6.45) is 4.67. The molecule has 1 aliphatic carbocycles. The van der Waals surface area contributed by atoms with Gasteiger partial charge in [0.05, 0.1) is 5.41 Å². The molecule has 0 aliphatic heterocycles. The molecule has 1 aromatic rings. The van der Waals surface area contributed by atoms with Crippen molar-refractivity contribution in [2.45, 2.75) is 51.4 Å². The molecule has 3 heteroatoms. The second-order valence-corrected chi connectivity index (χ2v) is 6.17. The van der Waals surface area contributed by atoms with E-state index in [1.165, 1.54) is 5.56 Å². The lowest BCUT2D eigenvalue weighted by Crippen LogP contribution is -2.39. The molecule has 1 fully saturated rings. The van der Waals surface area contributed by atoms with E-state index >= 15 is 0 Å². The van der Waals surface area contributed by atoms with Gasteiger partial charge in [-0.2, -0.15) is 0 Å². The summed E-state index contributed by atoms with van der Waals surface area (Å²) >= 11 is 3.56. The molecule has 0 spiro atoms. The summed E-state index contributed by atoms with van der Waals surface area (Å²) in [5.74, 6) is -0.670. The molecule has 0 aromatic heterocycles. The van der Waals surface area contributed by atoms with Crippen LogP contribution in [0.2, 0.25) is 0 Å². The first-order chi connectivity index (χ1) is 8.49. The predicted octanol–water partition coefficient (Wildman–Crippen LogP) is 4.35. The molecular formula is C15H19BrO2. The van der Waals surface area contributed by atoms with Gasteiger partial charge < -0.3 is 5.11 Å². The topological polar surface area (TPSA) is 37.3 Å². The van der Waals surface area contributed by atoms with Crippen molar-refractivity contribution in [3.63, 3.8) is 0 Å². The quantitative estimate of drug-likeness (QED) is 0.881. The Morgan fingerprint density at radius 2 is 1.83 bits per heavy atom. The van der Waals surface area contributed by atoms with Crippen LogP contribution in [0.5, 0.6) is 0 Å². The van der Waals surface area contributed by atoms with Crippen LogP contribution in [0.15, 0.2) is 16.6 Å². The van der Waals surface area contributed by atoms with Gasteiger partial charge in [-0.05, 0) is 49.4 Å². The summed E-state index contributed by atoms with van der Waals surface area (Å²) in [7, 11) is 0. The highest BCUT2D eigenvalue weighted by atomic mass is 79.9.